The number of hydrogen-bond acceptors (Lipinski definition) is 10. The summed E-state index contributed by atoms with van der Waals surface area (Å²) in [6.07, 6.45) is 0. The van der Waals surface area contributed by atoms with Crippen LogP contribution in [-0.4, -0.2) is 72.9 Å². The lowest BCUT2D eigenvalue weighted by atomic mass is 10.4. The van der Waals surface area contributed by atoms with Crippen molar-refractivity contribution >= 4 is 23.9 Å². The van der Waals surface area contributed by atoms with Gasteiger partial charge in [-0.2, -0.15) is 0 Å². The molecule has 13 nitrogen and oxygen atoms in total. The van der Waals surface area contributed by atoms with Crippen LogP contribution in [0.25, 0.3) is 0 Å². The van der Waals surface area contributed by atoms with Crippen molar-refractivity contribution in [2.24, 2.45) is 0 Å². The smallest absolute Gasteiger partial charge is 0.0555 e. The topological polar surface area (TPSA) is 276 Å². The van der Waals surface area contributed by atoms with Crippen LogP contribution in [0.3, 0.4) is 0 Å². The van der Waals surface area contributed by atoms with E-state index in [9.17, 15) is 39.6 Å². The fourth-order valence-corrected chi connectivity index (χ4v) is 1.44. The molecule has 23 heavy (non-hydrogen) atoms. The quantitative estimate of drug-likeness (QED) is 0.319. The van der Waals surface area contributed by atoms with Crippen LogP contribution in [0.1, 0.15) is 0 Å². The number of quaternary nitrogens is 3. The Bertz CT molecular complexity index is 323. The molecule has 0 aliphatic rings. The molecule has 0 aromatic rings. The second-order valence-corrected chi connectivity index (χ2v) is 3.91. The van der Waals surface area contributed by atoms with Crippen LogP contribution < -0.4 is 38.9 Å². The van der Waals surface area contributed by atoms with Gasteiger partial charge in [0.05, 0.1) is 23.9 Å². The van der Waals surface area contributed by atoms with E-state index in [1.165, 1.54) is 0 Å². The molecule has 12 N–H and O–H groups in total. The summed E-state index contributed by atoms with van der Waals surface area (Å²) in [5, 5.41) is 41.6. The Balaban J connectivity index is -0.000000602. The van der Waals surface area contributed by atoms with Gasteiger partial charge in [0.1, 0.15) is 0 Å². The van der Waals surface area contributed by atoms with Crippen molar-refractivity contribution in [3.05, 3.63) is 0 Å². The summed E-state index contributed by atoms with van der Waals surface area (Å²) in [4.78, 5) is 43.4. The SMILES string of the molecule is O=C([O-])CN(CCN(CC(=O)[O-])CC(=O)[O-])CC(=O)[O-].[NH4+].[NH4+].[NH4+]. The Labute approximate surface area is 132 Å². The van der Waals surface area contributed by atoms with Gasteiger partial charge in [0, 0.05) is 39.3 Å². The van der Waals surface area contributed by atoms with E-state index in [4.69, 9.17) is 0 Å². The highest BCUT2D eigenvalue weighted by Gasteiger charge is 2.10. The summed E-state index contributed by atoms with van der Waals surface area (Å²) >= 11 is 0. The van der Waals surface area contributed by atoms with E-state index in [-0.39, 0.29) is 31.5 Å². The average Bonchev–Trinajstić information content (AvgIpc) is 2.22. The number of carbonyl (C=O) groups is 4. The normalized spacial score (nSPS) is 9.30. The maximum absolute atomic E-state index is 10.4. The number of hydrogen-bond donors (Lipinski definition) is 3. The van der Waals surface area contributed by atoms with Crippen LogP contribution in [0.5, 0.6) is 0 Å². The minimum atomic E-state index is -1.53. The van der Waals surface area contributed by atoms with Crippen molar-refractivity contribution in [2.75, 3.05) is 39.3 Å². The zero-order chi connectivity index (χ0) is 15.7. The van der Waals surface area contributed by atoms with Gasteiger partial charge in [0.25, 0.3) is 0 Å². The number of aliphatic carboxylic acids is 4. The number of rotatable bonds is 11. The van der Waals surface area contributed by atoms with Gasteiger partial charge in [-0.1, -0.05) is 0 Å². The maximum atomic E-state index is 10.4. The second kappa shape index (κ2) is 14.6. The summed E-state index contributed by atoms with van der Waals surface area (Å²) in [5.74, 6) is -6.12. The number of carboxylic acid groups (broad SMARTS) is 4. The molecule has 0 saturated heterocycles. The fraction of sp³-hybridized carbons (Fsp3) is 0.600. The van der Waals surface area contributed by atoms with Crippen LogP contribution in [0.4, 0.5) is 0 Å². The van der Waals surface area contributed by atoms with Crippen molar-refractivity contribution in [1.29, 1.82) is 0 Å². The minimum Gasteiger partial charge on any atom is -0.549 e. The lowest BCUT2D eigenvalue weighted by molar-refractivity contribution is -0.314. The third kappa shape index (κ3) is 17.6. The van der Waals surface area contributed by atoms with Crippen LogP contribution >= 0.6 is 0 Å². The predicted molar refractivity (Wildman–Crippen MR) is 70.9 cm³/mol. The molecule has 0 saturated carbocycles. The van der Waals surface area contributed by atoms with Crippen LogP contribution in [-0.2, 0) is 19.2 Å². The van der Waals surface area contributed by atoms with Gasteiger partial charge < -0.3 is 58.1 Å². The Kier molecular flexibility index (Phi) is 18.3. The van der Waals surface area contributed by atoms with E-state index >= 15 is 0 Å². The Morgan fingerprint density at radius 2 is 0.696 bits per heavy atom. The van der Waals surface area contributed by atoms with Crippen LogP contribution in [0, 0.1) is 0 Å². The molecule has 0 rings (SSSR count). The van der Waals surface area contributed by atoms with E-state index in [1.54, 1.807) is 0 Å². The lowest BCUT2D eigenvalue weighted by Crippen LogP contribution is -2.50. The van der Waals surface area contributed by atoms with E-state index in [0.717, 1.165) is 9.80 Å². The molecule has 0 unspecified atom stereocenters. The van der Waals surface area contributed by atoms with Gasteiger partial charge in [-0.05, 0) is 0 Å². The molecule has 0 atom stereocenters. The third-order valence-electron chi connectivity index (χ3n) is 2.14. The van der Waals surface area contributed by atoms with Crippen molar-refractivity contribution < 1.29 is 39.6 Å². The highest BCUT2D eigenvalue weighted by molar-refractivity contribution is 5.71. The lowest BCUT2D eigenvalue weighted by Gasteiger charge is -2.28. The molecule has 0 amide bonds. The molecule has 0 aliphatic carbocycles. The molecule has 0 aliphatic heterocycles. The first-order valence-corrected chi connectivity index (χ1v) is 5.44. The zero-order valence-electron chi connectivity index (χ0n) is 13.4. The molecular weight excluding hydrogens is 318 g/mol. The largest absolute Gasteiger partial charge is 0.549 e. The van der Waals surface area contributed by atoms with E-state index in [0.29, 0.717) is 0 Å². The van der Waals surface area contributed by atoms with Crippen molar-refractivity contribution in [3.63, 3.8) is 0 Å². The van der Waals surface area contributed by atoms with Crippen molar-refractivity contribution in [2.45, 2.75) is 0 Å². The Morgan fingerprint density at radius 1 is 0.522 bits per heavy atom. The summed E-state index contributed by atoms with van der Waals surface area (Å²) in [5.41, 5.74) is 0. The van der Waals surface area contributed by atoms with Gasteiger partial charge in [0.15, 0.2) is 0 Å². The molecule has 0 radical (unpaired) electrons. The highest BCUT2D eigenvalue weighted by atomic mass is 16.4. The maximum Gasteiger partial charge on any atom is 0.0555 e. The minimum absolute atomic E-state index is 0. The second-order valence-electron chi connectivity index (χ2n) is 3.91. The summed E-state index contributed by atoms with van der Waals surface area (Å²) in [6, 6.07) is 0. The molecule has 13 heteroatoms. The molecule has 0 spiro atoms. The molecule has 138 valence electrons. The molecule has 0 bridgehead atoms. The number of nitrogens with zero attached hydrogens (tertiary/aromatic N) is 2. The van der Waals surface area contributed by atoms with Gasteiger partial charge in [-0.3, -0.25) is 9.80 Å². The molecule has 0 heterocycles. The summed E-state index contributed by atoms with van der Waals surface area (Å²) in [7, 11) is 0. The Hall–Kier alpha value is -2.32. The molecular formula is C10H24N5O8-. The fourth-order valence-electron chi connectivity index (χ4n) is 1.44. The first kappa shape index (κ1) is 28.8. The highest BCUT2D eigenvalue weighted by Crippen LogP contribution is 1.92. The van der Waals surface area contributed by atoms with Crippen molar-refractivity contribution in [1.82, 2.24) is 28.3 Å². The van der Waals surface area contributed by atoms with E-state index in [1.807, 2.05) is 0 Å². The molecule has 0 aromatic carbocycles. The Morgan fingerprint density at radius 3 is 0.826 bits per heavy atom. The monoisotopic (exact) mass is 342 g/mol. The standard InChI is InChI=1S/C10H16N2O8.3H3N/c13-7(14)3-11(4-8(15)16)1-2-12(5-9(17)18)6-10(19)20;;;/h1-6H2,(H,13,14)(H,15,16)(H,17,18)(H,19,20);3*1H3/p-1. The average molecular weight is 342 g/mol. The predicted octanol–water partition coefficient (Wildman–Crippen LogP) is -6.28. The van der Waals surface area contributed by atoms with Gasteiger partial charge in [0.2, 0.25) is 0 Å². The van der Waals surface area contributed by atoms with E-state index < -0.39 is 50.1 Å². The number of carboxylic acids is 4. The first-order valence-electron chi connectivity index (χ1n) is 5.44. The molecule has 0 fully saturated rings. The first-order chi connectivity index (χ1) is 9.20. The zero-order valence-corrected chi connectivity index (χ0v) is 13.4. The molecule has 0 aromatic heterocycles. The van der Waals surface area contributed by atoms with Gasteiger partial charge >= 0.3 is 0 Å². The third-order valence-corrected chi connectivity index (χ3v) is 2.14. The van der Waals surface area contributed by atoms with Gasteiger partial charge in [-0.25, -0.2) is 0 Å². The van der Waals surface area contributed by atoms with E-state index in [2.05, 4.69) is 0 Å². The van der Waals surface area contributed by atoms with Crippen LogP contribution in [0.2, 0.25) is 0 Å². The number of carbonyl (C=O) groups excluding carboxylic acids is 4. The van der Waals surface area contributed by atoms with Crippen molar-refractivity contribution in [3.8, 4) is 0 Å². The van der Waals surface area contributed by atoms with Crippen LogP contribution in [0.15, 0.2) is 0 Å². The summed E-state index contributed by atoms with van der Waals surface area (Å²) < 4.78 is 0. The summed E-state index contributed by atoms with van der Waals surface area (Å²) in [6.45, 7) is -3.25. The van der Waals surface area contributed by atoms with Gasteiger partial charge in [-0.15, -0.1) is 0 Å².